The first kappa shape index (κ1) is 24.4. The van der Waals surface area contributed by atoms with Gasteiger partial charge in [-0.15, -0.1) is 0 Å². The fourth-order valence-electron chi connectivity index (χ4n) is 5.81. The number of hydrogen-bond acceptors (Lipinski definition) is 3. The Morgan fingerprint density at radius 2 is 1.82 bits per heavy atom. The molecule has 2 saturated heterocycles. The van der Waals surface area contributed by atoms with Crippen LogP contribution in [0.5, 0.6) is 0 Å². The Morgan fingerprint density at radius 3 is 2.39 bits per heavy atom. The number of allylic oxidation sites excluding steroid dienone is 5. The minimum atomic E-state index is -2.43. The standard InChI is InChI=1S/C29H24F3N3O2Si/c1-33-28-26(31)23(24(29(36)37)25(30)27(28)32)22-18-8-6-16(34-10-4-11-34)14-20(18)38(2,3)21-15-17(7-9-19(21)22)35-12-5-13-35/h6-9,14-15H,4-5,10-13H2,2-3H3. The van der Waals surface area contributed by atoms with Gasteiger partial charge in [0.15, 0.2) is 17.3 Å². The normalized spacial score (nSPS) is 19.3. The van der Waals surface area contributed by atoms with Crippen molar-refractivity contribution >= 4 is 41.9 Å². The predicted molar refractivity (Wildman–Crippen MR) is 140 cm³/mol. The topological polar surface area (TPSA) is 50.7 Å². The van der Waals surface area contributed by atoms with E-state index in [0.29, 0.717) is 11.1 Å². The van der Waals surface area contributed by atoms with Gasteiger partial charge >= 0.3 is 0 Å². The lowest BCUT2D eigenvalue weighted by Crippen LogP contribution is -2.50. The zero-order chi connectivity index (χ0) is 26.9. The van der Waals surface area contributed by atoms with Gasteiger partial charge < -0.3 is 14.8 Å². The van der Waals surface area contributed by atoms with Crippen LogP contribution in [-0.2, 0) is 0 Å². The van der Waals surface area contributed by atoms with E-state index in [0.717, 1.165) is 60.8 Å². The van der Waals surface area contributed by atoms with Crippen LogP contribution in [0.3, 0.4) is 0 Å². The summed E-state index contributed by atoms with van der Waals surface area (Å²) in [5.41, 5.74) is 0.295. The Labute approximate surface area is 219 Å². The summed E-state index contributed by atoms with van der Waals surface area (Å²) >= 11 is 0. The molecule has 5 nitrogen and oxygen atoms in total. The summed E-state index contributed by atoms with van der Waals surface area (Å²) in [6, 6.07) is 5.79. The smallest absolute Gasteiger partial charge is 0.260 e. The van der Waals surface area contributed by atoms with E-state index in [4.69, 9.17) is 6.57 Å². The van der Waals surface area contributed by atoms with Gasteiger partial charge in [-0.3, -0.25) is 0 Å². The van der Waals surface area contributed by atoms with E-state index in [2.05, 4.69) is 39.6 Å². The number of fused-ring (bicyclic) bond motifs is 2. The number of carboxylic acid groups (broad SMARTS) is 1. The number of rotatable bonds is 3. The lowest BCUT2D eigenvalue weighted by molar-refractivity contribution is -0.582. The highest BCUT2D eigenvalue weighted by Gasteiger charge is 2.43. The van der Waals surface area contributed by atoms with Crippen molar-refractivity contribution in [3.8, 4) is 0 Å². The molecular formula is C29H24F3N3O2Si. The third-order valence-corrected chi connectivity index (χ3v) is 11.7. The van der Waals surface area contributed by atoms with Crippen molar-refractivity contribution in [2.24, 2.45) is 0 Å². The van der Waals surface area contributed by atoms with Crippen LogP contribution in [-0.4, -0.2) is 50.5 Å². The van der Waals surface area contributed by atoms with Gasteiger partial charge in [-0.1, -0.05) is 19.2 Å². The third-order valence-electron chi connectivity index (χ3n) is 8.20. The van der Waals surface area contributed by atoms with Crippen LogP contribution in [0.1, 0.15) is 34.3 Å². The highest BCUT2D eigenvalue weighted by atomic mass is 28.3. The highest BCUT2D eigenvalue weighted by Crippen LogP contribution is 2.46. The summed E-state index contributed by atoms with van der Waals surface area (Å²) in [5.74, 6) is -7.06. The van der Waals surface area contributed by atoms with Gasteiger partial charge in [0.1, 0.15) is 27.0 Å². The third kappa shape index (κ3) is 3.36. The second-order valence-electron chi connectivity index (χ2n) is 10.6. The number of hydrogen-bond donors (Lipinski definition) is 0. The molecule has 9 heteroatoms. The van der Waals surface area contributed by atoms with Crippen molar-refractivity contribution in [1.82, 2.24) is 0 Å². The number of carbonyl (C=O) groups is 1. The highest BCUT2D eigenvalue weighted by molar-refractivity contribution is 6.98. The summed E-state index contributed by atoms with van der Waals surface area (Å²) in [7, 11) is -2.43. The minimum Gasteiger partial charge on any atom is -0.545 e. The van der Waals surface area contributed by atoms with Crippen LogP contribution in [0.25, 0.3) is 10.4 Å². The summed E-state index contributed by atoms with van der Waals surface area (Å²) in [5, 5.41) is 14.0. The largest absolute Gasteiger partial charge is 0.545 e. The molecule has 0 N–H and O–H groups in total. The molecule has 2 fully saturated rings. The molecule has 0 radical (unpaired) electrons. The first-order valence-electron chi connectivity index (χ1n) is 12.6. The Bertz CT molecular complexity index is 1620. The van der Waals surface area contributed by atoms with Crippen LogP contribution < -0.4 is 15.2 Å². The average Bonchev–Trinajstić information content (AvgIpc) is 2.81. The molecule has 0 spiro atoms. The lowest BCUT2D eigenvalue weighted by Gasteiger charge is -2.40. The van der Waals surface area contributed by atoms with Gasteiger partial charge in [-0.25, -0.2) is 22.6 Å². The molecule has 6 rings (SSSR count). The maximum atomic E-state index is 15.9. The fourth-order valence-corrected chi connectivity index (χ4v) is 8.88. The van der Waals surface area contributed by atoms with Gasteiger partial charge in [0.2, 0.25) is 0 Å². The molecule has 0 aromatic heterocycles. The van der Waals surface area contributed by atoms with Crippen LogP contribution in [0.2, 0.25) is 13.1 Å². The average molecular weight is 532 g/mol. The lowest BCUT2D eigenvalue weighted by atomic mass is 9.86. The minimum absolute atomic E-state index is 0.146. The molecular weight excluding hydrogens is 507 g/mol. The molecule has 2 aromatic rings. The molecule has 38 heavy (non-hydrogen) atoms. The van der Waals surface area contributed by atoms with E-state index in [1.807, 2.05) is 24.3 Å². The zero-order valence-electron chi connectivity index (χ0n) is 21.0. The first-order chi connectivity index (χ1) is 18.1. The summed E-state index contributed by atoms with van der Waals surface area (Å²) in [4.78, 5) is 17.2. The molecule has 3 aliphatic heterocycles. The van der Waals surface area contributed by atoms with Crippen LogP contribution >= 0.6 is 0 Å². The molecule has 0 amide bonds. The number of aromatic carboxylic acids is 1. The Balaban J connectivity index is 1.73. The number of benzene rings is 2. The molecule has 0 atom stereocenters. The number of nitrogens with zero attached hydrogens (tertiary/aromatic N) is 3. The molecule has 0 bridgehead atoms. The SMILES string of the molecule is [C-]#[N+]c1c(F)c(F)c(C(=O)[O-])c(C2=C3C=CC(=[N+]4CCC4)C=C3[Si](C)(C)c3cc(N4CCC4)ccc32)c1F. The Hall–Kier alpha value is -3.90. The van der Waals surface area contributed by atoms with E-state index >= 15 is 8.78 Å². The van der Waals surface area contributed by atoms with Crippen molar-refractivity contribution < 1.29 is 27.6 Å². The second kappa shape index (κ2) is 8.56. The van der Waals surface area contributed by atoms with Gasteiger partial charge in [0, 0.05) is 42.1 Å². The quantitative estimate of drug-likeness (QED) is 0.262. The van der Waals surface area contributed by atoms with Crippen molar-refractivity contribution in [2.45, 2.75) is 25.9 Å². The van der Waals surface area contributed by atoms with E-state index in [1.54, 1.807) is 0 Å². The van der Waals surface area contributed by atoms with E-state index in [1.165, 1.54) is 0 Å². The van der Waals surface area contributed by atoms with Crippen molar-refractivity contribution in [3.05, 3.63) is 92.8 Å². The van der Waals surface area contributed by atoms with Crippen molar-refractivity contribution in [1.29, 1.82) is 0 Å². The second-order valence-corrected chi connectivity index (χ2v) is 14.9. The van der Waals surface area contributed by atoms with E-state index < -0.39 is 48.3 Å². The molecule has 2 aromatic carbocycles. The number of halogens is 3. The number of carboxylic acids is 1. The van der Waals surface area contributed by atoms with Crippen LogP contribution in [0.15, 0.2) is 47.2 Å². The maximum Gasteiger partial charge on any atom is 0.260 e. The van der Waals surface area contributed by atoms with Gasteiger partial charge in [-0.2, -0.15) is 0 Å². The molecule has 3 heterocycles. The van der Waals surface area contributed by atoms with E-state index in [9.17, 15) is 14.3 Å². The van der Waals surface area contributed by atoms with Crippen molar-refractivity contribution in [3.63, 3.8) is 0 Å². The molecule has 4 aliphatic rings. The molecule has 0 unspecified atom stereocenters. The van der Waals surface area contributed by atoms with Gasteiger partial charge in [0.25, 0.3) is 5.69 Å². The maximum absolute atomic E-state index is 15.9. The number of carbonyl (C=O) groups excluding carboxylic acids is 1. The van der Waals surface area contributed by atoms with Crippen molar-refractivity contribution in [2.75, 3.05) is 31.1 Å². The monoisotopic (exact) mass is 531 g/mol. The molecule has 192 valence electrons. The zero-order valence-corrected chi connectivity index (χ0v) is 22.0. The van der Waals surface area contributed by atoms with Gasteiger partial charge in [-0.05, 0) is 51.7 Å². The number of anilines is 1. The van der Waals surface area contributed by atoms with Crippen LogP contribution in [0, 0.1) is 24.0 Å². The summed E-state index contributed by atoms with van der Waals surface area (Å²) in [6.07, 6.45) is 7.97. The van der Waals surface area contributed by atoms with E-state index in [-0.39, 0.29) is 5.57 Å². The fraction of sp³-hybridized carbons (Fsp3) is 0.276. The predicted octanol–water partition coefficient (Wildman–Crippen LogP) is 3.85. The Kier molecular flexibility index (Phi) is 5.51. The summed E-state index contributed by atoms with van der Waals surface area (Å²) in [6.45, 7) is 15.3. The molecule has 1 aliphatic carbocycles. The van der Waals surface area contributed by atoms with Gasteiger partial charge in [0.05, 0.1) is 19.0 Å². The van der Waals surface area contributed by atoms with Crippen LogP contribution in [0.4, 0.5) is 24.5 Å². The summed E-state index contributed by atoms with van der Waals surface area (Å²) < 4.78 is 47.8. The Morgan fingerprint density at radius 1 is 1.08 bits per heavy atom. The first-order valence-corrected chi connectivity index (χ1v) is 15.6. The molecule has 0 saturated carbocycles.